The maximum atomic E-state index is 5.43. The Kier molecular flexibility index (Phi) is 9.97. The third-order valence-electron chi connectivity index (χ3n) is 5.16. The molecule has 2 rings (SSSR count). The molecule has 0 saturated heterocycles. The molecule has 0 aromatic heterocycles. The Balaban J connectivity index is 1.98. The van der Waals surface area contributed by atoms with E-state index in [1.807, 2.05) is 12.1 Å². The van der Waals surface area contributed by atoms with Gasteiger partial charge in [-0.25, -0.2) is 0 Å². The first kappa shape index (κ1) is 24.3. The summed E-state index contributed by atoms with van der Waals surface area (Å²) in [6.07, 6.45) is 0. The molecule has 0 atom stereocenters. The zero-order valence-electron chi connectivity index (χ0n) is 19.6. The molecule has 170 valence electrons. The second-order valence-electron chi connectivity index (χ2n) is 7.09. The molecule has 0 aliphatic heterocycles. The van der Waals surface area contributed by atoms with Crippen molar-refractivity contribution in [3.05, 3.63) is 53.1 Å². The molecule has 0 unspecified atom stereocenters. The predicted molar refractivity (Wildman–Crippen MR) is 126 cm³/mol. The van der Waals surface area contributed by atoms with E-state index in [0.29, 0.717) is 30.3 Å². The van der Waals surface area contributed by atoms with Gasteiger partial charge in [0.05, 0.1) is 21.3 Å². The van der Waals surface area contributed by atoms with E-state index in [-0.39, 0.29) is 0 Å². The molecule has 2 aromatic rings. The first-order valence-electron chi connectivity index (χ1n) is 10.6. The Hall–Kier alpha value is -2.93. The van der Waals surface area contributed by atoms with Crippen molar-refractivity contribution in [3.8, 4) is 17.2 Å². The van der Waals surface area contributed by atoms with Crippen LogP contribution in [0, 0.1) is 0 Å². The highest BCUT2D eigenvalue weighted by Crippen LogP contribution is 2.38. The molecule has 0 bridgehead atoms. The van der Waals surface area contributed by atoms with Crippen LogP contribution in [0.2, 0.25) is 0 Å². The van der Waals surface area contributed by atoms with Gasteiger partial charge in [-0.1, -0.05) is 38.1 Å². The number of ether oxygens (including phenoxy) is 3. The Morgan fingerprint density at radius 2 is 1.42 bits per heavy atom. The lowest BCUT2D eigenvalue weighted by atomic mass is 10.1. The van der Waals surface area contributed by atoms with Crippen molar-refractivity contribution >= 4 is 5.96 Å². The van der Waals surface area contributed by atoms with Gasteiger partial charge in [0.1, 0.15) is 0 Å². The highest BCUT2D eigenvalue weighted by Gasteiger charge is 2.13. The number of hydrogen-bond acceptors (Lipinski definition) is 5. The molecule has 7 heteroatoms. The molecule has 7 nitrogen and oxygen atoms in total. The topological polar surface area (TPSA) is 67.4 Å². The molecule has 0 spiro atoms. The van der Waals surface area contributed by atoms with Gasteiger partial charge in [0.2, 0.25) is 5.75 Å². The van der Waals surface area contributed by atoms with E-state index in [9.17, 15) is 0 Å². The minimum Gasteiger partial charge on any atom is -0.493 e. The third-order valence-corrected chi connectivity index (χ3v) is 5.16. The molecule has 0 heterocycles. The Bertz CT molecular complexity index is 825. The molecule has 2 N–H and O–H groups in total. The van der Waals surface area contributed by atoms with Crippen LogP contribution in [0.15, 0.2) is 41.4 Å². The molecular formula is C24H36N4O3. The quantitative estimate of drug-likeness (QED) is 0.422. The van der Waals surface area contributed by atoms with Gasteiger partial charge in [-0.05, 0) is 41.9 Å². The summed E-state index contributed by atoms with van der Waals surface area (Å²) in [6, 6.07) is 12.5. The summed E-state index contributed by atoms with van der Waals surface area (Å²) in [5, 5.41) is 6.72. The minimum absolute atomic E-state index is 0.568. The molecule has 0 saturated carbocycles. The lowest BCUT2D eigenvalue weighted by Crippen LogP contribution is -2.36. The van der Waals surface area contributed by atoms with Crippen molar-refractivity contribution < 1.29 is 14.2 Å². The minimum atomic E-state index is 0.568. The zero-order chi connectivity index (χ0) is 22.6. The van der Waals surface area contributed by atoms with Crippen molar-refractivity contribution in [2.45, 2.75) is 33.5 Å². The number of aliphatic imine (C=N–C) groups is 1. The van der Waals surface area contributed by atoms with Crippen LogP contribution in [0.5, 0.6) is 17.2 Å². The van der Waals surface area contributed by atoms with Gasteiger partial charge in [0.15, 0.2) is 17.5 Å². The SMILES string of the molecule is CCN(CC)Cc1cccc(CNC(=NC)NCc2cc(OC)c(OC)c(OC)c2)c1. The summed E-state index contributed by atoms with van der Waals surface area (Å²) >= 11 is 0. The largest absolute Gasteiger partial charge is 0.493 e. The van der Waals surface area contributed by atoms with Gasteiger partial charge >= 0.3 is 0 Å². The van der Waals surface area contributed by atoms with Crippen molar-refractivity contribution in [2.75, 3.05) is 41.5 Å². The average Bonchev–Trinajstić information content (AvgIpc) is 2.82. The Labute approximate surface area is 186 Å². The van der Waals surface area contributed by atoms with E-state index in [2.05, 4.69) is 58.6 Å². The molecule has 0 amide bonds. The predicted octanol–water partition coefficient (Wildman–Crippen LogP) is 3.42. The molecule has 0 radical (unpaired) electrons. The van der Waals surface area contributed by atoms with Crippen LogP contribution in [0.25, 0.3) is 0 Å². The van der Waals surface area contributed by atoms with Crippen LogP contribution >= 0.6 is 0 Å². The fraction of sp³-hybridized carbons (Fsp3) is 0.458. The van der Waals surface area contributed by atoms with Crippen LogP contribution in [0.4, 0.5) is 0 Å². The monoisotopic (exact) mass is 428 g/mol. The van der Waals surface area contributed by atoms with Crippen molar-refractivity contribution in [1.82, 2.24) is 15.5 Å². The highest BCUT2D eigenvalue weighted by atomic mass is 16.5. The fourth-order valence-corrected chi connectivity index (χ4v) is 3.37. The van der Waals surface area contributed by atoms with E-state index in [0.717, 1.165) is 31.2 Å². The van der Waals surface area contributed by atoms with Crippen molar-refractivity contribution in [3.63, 3.8) is 0 Å². The van der Waals surface area contributed by atoms with Crippen LogP contribution in [-0.2, 0) is 19.6 Å². The number of benzene rings is 2. The van der Waals surface area contributed by atoms with E-state index < -0.39 is 0 Å². The van der Waals surface area contributed by atoms with Gasteiger partial charge < -0.3 is 24.8 Å². The second-order valence-corrected chi connectivity index (χ2v) is 7.09. The first-order valence-corrected chi connectivity index (χ1v) is 10.6. The summed E-state index contributed by atoms with van der Waals surface area (Å²) in [5.41, 5.74) is 3.54. The summed E-state index contributed by atoms with van der Waals surface area (Å²) < 4.78 is 16.2. The Morgan fingerprint density at radius 3 is 1.94 bits per heavy atom. The molecule has 31 heavy (non-hydrogen) atoms. The normalized spacial score (nSPS) is 11.4. The standard InChI is InChI=1S/C24H36N4O3/c1-7-28(8-2)17-19-11-9-10-18(12-19)15-26-24(25-3)27-16-20-13-21(29-4)23(31-6)22(14-20)30-5/h9-14H,7-8,15-17H2,1-6H3,(H2,25,26,27). The van der Waals surface area contributed by atoms with Crippen molar-refractivity contribution in [1.29, 1.82) is 0 Å². The Morgan fingerprint density at radius 1 is 0.839 bits per heavy atom. The average molecular weight is 429 g/mol. The van der Waals surface area contributed by atoms with Gasteiger partial charge in [0.25, 0.3) is 0 Å². The molecule has 0 aliphatic rings. The van der Waals surface area contributed by atoms with Crippen LogP contribution in [0.3, 0.4) is 0 Å². The molecule has 0 fully saturated rings. The number of guanidine groups is 1. The smallest absolute Gasteiger partial charge is 0.203 e. The fourth-order valence-electron chi connectivity index (χ4n) is 3.37. The number of hydrogen-bond donors (Lipinski definition) is 2. The van der Waals surface area contributed by atoms with Gasteiger partial charge in [-0.2, -0.15) is 0 Å². The van der Waals surface area contributed by atoms with Gasteiger partial charge in [-0.15, -0.1) is 0 Å². The molecular weight excluding hydrogens is 392 g/mol. The van der Waals surface area contributed by atoms with E-state index in [1.54, 1.807) is 28.4 Å². The van der Waals surface area contributed by atoms with Gasteiger partial charge in [0, 0.05) is 26.7 Å². The van der Waals surface area contributed by atoms with Crippen LogP contribution in [-0.4, -0.2) is 52.3 Å². The zero-order valence-corrected chi connectivity index (χ0v) is 19.6. The van der Waals surface area contributed by atoms with E-state index >= 15 is 0 Å². The summed E-state index contributed by atoms with van der Waals surface area (Å²) in [5.74, 6) is 2.57. The van der Waals surface area contributed by atoms with E-state index in [4.69, 9.17) is 14.2 Å². The molecule has 0 aliphatic carbocycles. The van der Waals surface area contributed by atoms with Gasteiger partial charge in [-0.3, -0.25) is 9.89 Å². The lowest BCUT2D eigenvalue weighted by molar-refractivity contribution is 0.296. The van der Waals surface area contributed by atoms with Crippen molar-refractivity contribution in [2.24, 2.45) is 4.99 Å². The number of methoxy groups -OCH3 is 3. The third kappa shape index (κ3) is 7.07. The summed E-state index contributed by atoms with van der Waals surface area (Å²) in [7, 11) is 6.59. The van der Waals surface area contributed by atoms with E-state index in [1.165, 1.54) is 11.1 Å². The maximum absolute atomic E-state index is 5.43. The van der Waals surface area contributed by atoms with Crippen LogP contribution in [0.1, 0.15) is 30.5 Å². The second kappa shape index (κ2) is 12.7. The van der Waals surface area contributed by atoms with Crippen LogP contribution < -0.4 is 24.8 Å². The lowest BCUT2D eigenvalue weighted by Gasteiger charge is -2.18. The number of rotatable bonds is 11. The molecule has 2 aromatic carbocycles. The highest BCUT2D eigenvalue weighted by molar-refractivity contribution is 5.79. The first-order chi connectivity index (χ1) is 15.1. The number of nitrogens with zero attached hydrogens (tertiary/aromatic N) is 2. The summed E-state index contributed by atoms with van der Waals surface area (Å²) in [6.45, 7) is 8.72. The summed E-state index contributed by atoms with van der Waals surface area (Å²) in [4.78, 5) is 6.74. The number of nitrogens with one attached hydrogen (secondary N) is 2. The maximum Gasteiger partial charge on any atom is 0.203 e.